The zero-order chi connectivity index (χ0) is 11.5. The van der Waals surface area contributed by atoms with Crippen molar-refractivity contribution in [1.82, 2.24) is 10.2 Å². The standard InChI is InChI=1S/C11H23N3O/c1-4-13-11(10-12)6-7-14(5-2)8-9-15-3/h11,13H,4-9H2,1-3H3. The Morgan fingerprint density at radius 3 is 2.60 bits per heavy atom. The summed E-state index contributed by atoms with van der Waals surface area (Å²) in [7, 11) is 1.71. The van der Waals surface area contributed by atoms with Crippen LogP contribution in [0.2, 0.25) is 0 Å². The molecule has 4 nitrogen and oxygen atoms in total. The molecule has 4 heteroatoms. The second kappa shape index (κ2) is 9.91. The summed E-state index contributed by atoms with van der Waals surface area (Å²) in [6, 6.07) is 2.25. The van der Waals surface area contributed by atoms with Crippen LogP contribution in [0.5, 0.6) is 0 Å². The molecule has 0 bridgehead atoms. The fourth-order valence-electron chi connectivity index (χ4n) is 1.42. The summed E-state index contributed by atoms with van der Waals surface area (Å²) in [4.78, 5) is 2.30. The summed E-state index contributed by atoms with van der Waals surface area (Å²) < 4.78 is 5.03. The van der Waals surface area contributed by atoms with Crippen molar-refractivity contribution >= 4 is 0 Å². The summed E-state index contributed by atoms with van der Waals surface area (Å²) in [5.74, 6) is 0. The zero-order valence-electron chi connectivity index (χ0n) is 10.1. The SMILES string of the molecule is CCNC(C#N)CCN(CC)CCOC. The Morgan fingerprint density at radius 1 is 1.40 bits per heavy atom. The number of ether oxygens (including phenoxy) is 1. The lowest BCUT2D eigenvalue weighted by Gasteiger charge is -2.21. The Morgan fingerprint density at radius 2 is 2.13 bits per heavy atom. The van der Waals surface area contributed by atoms with Crippen LogP contribution in [0.1, 0.15) is 20.3 Å². The summed E-state index contributed by atoms with van der Waals surface area (Å²) in [6.45, 7) is 8.65. The van der Waals surface area contributed by atoms with Gasteiger partial charge in [0.05, 0.1) is 18.7 Å². The highest BCUT2D eigenvalue weighted by Gasteiger charge is 2.08. The van der Waals surface area contributed by atoms with E-state index in [4.69, 9.17) is 10.00 Å². The molecule has 0 amide bonds. The molecule has 1 atom stereocenters. The van der Waals surface area contributed by atoms with Crippen LogP contribution in [0.4, 0.5) is 0 Å². The second-order valence-electron chi connectivity index (χ2n) is 3.46. The molecule has 88 valence electrons. The minimum atomic E-state index is -0.0217. The van der Waals surface area contributed by atoms with E-state index in [9.17, 15) is 0 Å². The molecule has 0 aliphatic carbocycles. The number of rotatable bonds is 9. The van der Waals surface area contributed by atoms with Gasteiger partial charge in [-0.1, -0.05) is 13.8 Å². The maximum absolute atomic E-state index is 8.86. The Labute approximate surface area is 93.2 Å². The second-order valence-corrected chi connectivity index (χ2v) is 3.46. The third kappa shape index (κ3) is 7.32. The molecule has 0 spiro atoms. The summed E-state index contributed by atoms with van der Waals surface area (Å²) in [6.07, 6.45) is 0.877. The van der Waals surface area contributed by atoms with Crippen molar-refractivity contribution in [3.63, 3.8) is 0 Å². The minimum absolute atomic E-state index is 0.0217. The lowest BCUT2D eigenvalue weighted by atomic mass is 10.2. The molecule has 0 saturated heterocycles. The highest BCUT2D eigenvalue weighted by Crippen LogP contribution is 1.96. The molecule has 1 N–H and O–H groups in total. The smallest absolute Gasteiger partial charge is 0.0965 e. The van der Waals surface area contributed by atoms with Crippen LogP contribution in [-0.4, -0.2) is 50.8 Å². The van der Waals surface area contributed by atoms with E-state index in [1.165, 1.54) is 0 Å². The van der Waals surface area contributed by atoms with Gasteiger partial charge in [0.25, 0.3) is 0 Å². The van der Waals surface area contributed by atoms with Crippen LogP contribution in [0.25, 0.3) is 0 Å². The van der Waals surface area contributed by atoms with Crippen LogP contribution in [0.15, 0.2) is 0 Å². The van der Waals surface area contributed by atoms with E-state index in [-0.39, 0.29) is 6.04 Å². The van der Waals surface area contributed by atoms with Crippen LogP contribution in [0, 0.1) is 11.3 Å². The quantitative estimate of drug-likeness (QED) is 0.617. The van der Waals surface area contributed by atoms with Crippen molar-refractivity contribution in [2.24, 2.45) is 0 Å². The Bertz CT molecular complexity index is 179. The molecule has 0 saturated carbocycles. The zero-order valence-corrected chi connectivity index (χ0v) is 10.1. The van der Waals surface area contributed by atoms with Gasteiger partial charge in [0.15, 0.2) is 0 Å². The van der Waals surface area contributed by atoms with Gasteiger partial charge in [-0.25, -0.2) is 0 Å². The molecule has 0 fully saturated rings. The van der Waals surface area contributed by atoms with E-state index >= 15 is 0 Å². The number of likely N-dealkylation sites (N-methyl/N-ethyl adjacent to an activating group) is 1. The van der Waals surface area contributed by atoms with Gasteiger partial charge in [-0.2, -0.15) is 5.26 Å². The predicted molar refractivity (Wildman–Crippen MR) is 61.7 cm³/mol. The molecule has 1 unspecified atom stereocenters. The summed E-state index contributed by atoms with van der Waals surface area (Å²) >= 11 is 0. The van der Waals surface area contributed by atoms with Crippen LogP contribution in [-0.2, 0) is 4.74 Å². The largest absolute Gasteiger partial charge is 0.383 e. The highest BCUT2D eigenvalue weighted by molar-refractivity contribution is 4.89. The van der Waals surface area contributed by atoms with Gasteiger partial charge in [-0.05, 0) is 19.5 Å². The lowest BCUT2D eigenvalue weighted by molar-refractivity contribution is 0.149. The fraction of sp³-hybridized carbons (Fsp3) is 0.909. The summed E-state index contributed by atoms with van der Waals surface area (Å²) in [5, 5.41) is 12.0. The maximum Gasteiger partial charge on any atom is 0.0965 e. The first-order valence-electron chi connectivity index (χ1n) is 5.62. The topological polar surface area (TPSA) is 48.3 Å². The van der Waals surface area contributed by atoms with Crippen LogP contribution in [0.3, 0.4) is 0 Å². The number of hydrogen-bond acceptors (Lipinski definition) is 4. The van der Waals surface area contributed by atoms with Gasteiger partial charge in [-0.15, -0.1) is 0 Å². The van der Waals surface area contributed by atoms with Crippen molar-refractivity contribution in [3.05, 3.63) is 0 Å². The molecule has 0 aliphatic rings. The predicted octanol–water partition coefficient (Wildman–Crippen LogP) is 0.846. The van der Waals surface area contributed by atoms with Gasteiger partial charge in [-0.3, -0.25) is 0 Å². The third-order valence-corrected chi connectivity index (χ3v) is 2.40. The maximum atomic E-state index is 8.86. The molecule has 0 rings (SSSR count). The molecule has 0 aliphatic heterocycles. The van der Waals surface area contributed by atoms with Crippen molar-refractivity contribution < 1.29 is 4.74 Å². The molecule has 15 heavy (non-hydrogen) atoms. The van der Waals surface area contributed by atoms with Gasteiger partial charge in [0.2, 0.25) is 0 Å². The average molecular weight is 213 g/mol. The summed E-state index contributed by atoms with van der Waals surface area (Å²) in [5.41, 5.74) is 0. The molecule has 0 aromatic carbocycles. The van der Waals surface area contributed by atoms with Crippen molar-refractivity contribution in [2.75, 3.05) is 39.9 Å². The van der Waals surface area contributed by atoms with Gasteiger partial charge in [0, 0.05) is 20.2 Å². The molecular formula is C11H23N3O. The lowest BCUT2D eigenvalue weighted by Crippen LogP contribution is -2.34. The van der Waals surface area contributed by atoms with Crippen LogP contribution >= 0.6 is 0 Å². The molecular weight excluding hydrogens is 190 g/mol. The molecule has 0 aromatic rings. The van der Waals surface area contributed by atoms with Gasteiger partial charge < -0.3 is 15.0 Å². The van der Waals surface area contributed by atoms with Gasteiger partial charge >= 0.3 is 0 Å². The van der Waals surface area contributed by atoms with Crippen molar-refractivity contribution in [2.45, 2.75) is 26.3 Å². The number of methoxy groups -OCH3 is 1. The van der Waals surface area contributed by atoms with Crippen LogP contribution < -0.4 is 5.32 Å². The fourth-order valence-corrected chi connectivity index (χ4v) is 1.42. The first kappa shape index (κ1) is 14.4. The molecule has 0 heterocycles. The number of nitrogens with zero attached hydrogens (tertiary/aromatic N) is 2. The Hall–Kier alpha value is -0.630. The van der Waals surface area contributed by atoms with E-state index in [0.717, 1.165) is 39.2 Å². The average Bonchev–Trinajstić information content (AvgIpc) is 2.27. The number of hydrogen-bond donors (Lipinski definition) is 1. The monoisotopic (exact) mass is 213 g/mol. The van der Waals surface area contributed by atoms with Gasteiger partial charge in [0.1, 0.15) is 0 Å². The normalized spacial score (nSPS) is 12.7. The first-order chi connectivity index (χ1) is 7.28. The Balaban J connectivity index is 3.72. The third-order valence-electron chi connectivity index (χ3n) is 2.40. The number of nitriles is 1. The molecule has 0 radical (unpaired) electrons. The van der Waals surface area contributed by atoms with E-state index in [2.05, 4.69) is 23.2 Å². The van der Waals surface area contributed by atoms with E-state index in [1.807, 2.05) is 6.92 Å². The van der Waals surface area contributed by atoms with Crippen molar-refractivity contribution in [3.8, 4) is 6.07 Å². The minimum Gasteiger partial charge on any atom is -0.383 e. The first-order valence-corrected chi connectivity index (χ1v) is 5.62. The highest BCUT2D eigenvalue weighted by atomic mass is 16.5. The van der Waals surface area contributed by atoms with Crippen molar-refractivity contribution in [1.29, 1.82) is 5.26 Å². The molecule has 0 aromatic heterocycles. The van der Waals surface area contributed by atoms with E-state index in [1.54, 1.807) is 7.11 Å². The van der Waals surface area contributed by atoms with E-state index in [0.29, 0.717) is 0 Å². The number of nitrogens with one attached hydrogen (secondary N) is 1. The van der Waals surface area contributed by atoms with E-state index < -0.39 is 0 Å². The Kier molecular flexibility index (Phi) is 9.49.